The summed E-state index contributed by atoms with van der Waals surface area (Å²) >= 11 is 0. The van der Waals surface area contributed by atoms with Gasteiger partial charge in [0.1, 0.15) is 17.1 Å². The van der Waals surface area contributed by atoms with Crippen molar-refractivity contribution in [1.29, 1.82) is 0 Å². The highest BCUT2D eigenvalue weighted by Crippen LogP contribution is 2.42. The molecular formula is C19H31NO2. The van der Waals surface area contributed by atoms with Gasteiger partial charge in [0.2, 0.25) is 0 Å². The molecule has 0 radical (unpaired) electrons. The zero-order chi connectivity index (χ0) is 16.2. The van der Waals surface area contributed by atoms with Gasteiger partial charge in [0, 0.05) is 24.1 Å². The number of rotatable bonds is 7. The van der Waals surface area contributed by atoms with Gasteiger partial charge >= 0.3 is 0 Å². The molecule has 1 heterocycles. The maximum absolute atomic E-state index is 6.31. The molecular weight excluding hydrogens is 274 g/mol. The molecule has 0 bridgehead atoms. The van der Waals surface area contributed by atoms with Crippen LogP contribution >= 0.6 is 0 Å². The van der Waals surface area contributed by atoms with Crippen molar-refractivity contribution in [2.45, 2.75) is 65.5 Å². The van der Waals surface area contributed by atoms with Gasteiger partial charge in [-0.15, -0.1) is 0 Å². The van der Waals surface area contributed by atoms with Crippen molar-refractivity contribution in [3.63, 3.8) is 0 Å². The van der Waals surface area contributed by atoms with E-state index in [1.165, 1.54) is 5.56 Å². The van der Waals surface area contributed by atoms with Crippen LogP contribution < -0.4 is 14.8 Å². The van der Waals surface area contributed by atoms with E-state index in [4.69, 9.17) is 9.47 Å². The summed E-state index contributed by atoms with van der Waals surface area (Å²) in [5.74, 6) is 2.53. The lowest BCUT2D eigenvalue weighted by Gasteiger charge is -2.40. The Bertz CT molecular complexity index is 486. The topological polar surface area (TPSA) is 30.5 Å². The molecule has 2 rings (SSSR count). The fourth-order valence-electron chi connectivity index (χ4n) is 2.83. The van der Waals surface area contributed by atoms with E-state index in [-0.39, 0.29) is 5.60 Å². The molecule has 0 fully saturated rings. The molecule has 1 aromatic rings. The summed E-state index contributed by atoms with van der Waals surface area (Å²) < 4.78 is 12.1. The molecule has 2 atom stereocenters. The quantitative estimate of drug-likeness (QED) is 0.791. The Labute approximate surface area is 135 Å². The molecule has 0 saturated heterocycles. The standard InChI is InChI=1S/C19H31NO2/c1-6-10-21-15-8-9-16-17(20-13-14(3)4)12-19(5,7-2)22-18(16)11-15/h8-9,11,14,17,20H,6-7,10,12-13H2,1-5H3. The van der Waals surface area contributed by atoms with E-state index >= 15 is 0 Å². The molecule has 0 saturated carbocycles. The largest absolute Gasteiger partial charge is 0.493 e. The number of benzene rings is 1. The highest BCUT2D eigenvalue weighted by molar-refractivity contribution is 5.44. The van der Waals surface area contributed by atoms with E-state index in [0.717, 1.165) is 43.9 Å². The molecule has 22 heavy (non-hydrogen) atoms. The first-order chi connectivity index (χ1) is 10.5. The lowest BCUT2D eigenvalue weighted by Crippen LogP contribution is -2.42. The average Bonchev–Trinajstić information content (AvgIpc) is 2.50. The molecule has 0 aliphatic carbocycles. The highest BCUT2D eigenvalue weighted by atomic mass is 16.5. The van der Waals surface area contributed by atoms with E-state index in [0.29, 0.717) is 12.0 Å². The summed E-state index contributed by atoms with van der Waals surface area (Å²) in [7, 11) is 0. The van der Waals surface area contributed by atoms with Crippen molar-refractivity contribution in [1.82, 2.24) is 5.32 Å². The SMILES string of the molecule is CCCOc1ccc2c(c1)OC(C)(CC)CC2NCC(C)C. The zero-order valence-electron chi connectivity index (χ0n) is 14.7. The Kier molecular flexibility index (Phi) is 5.74. The lowest BCUT2D eigenvalue weighted by atomic mass is 9.86. The van der Waals surface area contributed by atoms with Gasteiger partial charge in [0.05, 0.1) is 6.61 Å². The lowest BCUT2D eigenvalue weighted by molar-refractivity contribution is 0.0434. The summed E-state index contributed by atoms with van der Waals surface area (Å²) in [6.45, 7) is 12.8. The number of ether oxygens (including phenoxy) is 2. The van der Waals surface area contributed by atoms with Crippen molar-refractivity contribution in [2.75, 3.05) is 13.2 Å². The summed E-state index contributed by atoms with van der Waals surface area (Å²) in [5, 5.41) is 3.71. The molecule has 0 spiro atoms. The van der Waals surface area contributed by atoms with Crippen LogP contribution in [0.15, 0.2) is 18.2 Å². The van der Waals surface area contributed by atoms with Crippen molar-refractivity contribution < 1.29 is 9.47 Å². The van der Waals surface area contributed by atoms with Crippen LogP contribution in [0, 0.1) is 5.92 Å². The van der Waals surface area contributed by atoms with E-state index in [9.17, 15) is 0 Å². The Hall–Kier alpha value is -1.22. The molecule has 2 unspecified atom stereocenters. The van der Waals surface area contributed by atoms with E-state index in [1.54, 1.807) is 0 Å². The Morgan fingerprint density at radius 2 is 2.14 bits per heavy atom. The molecule has 0 amide bonds. The van der Waals surface area contributed by atoms with Gasteiger partial charge in [-0.1, -0.05) is 33.8 Å². The van der Waals surface area contributed by atoms with Gasteiger partial charge < -0.3 is 14.8 Å². The first-order valence-corrected chi connectivity index (χ1v) is 8.66. The van der Waals surface area contributed by atoms with Crippen LogP contribution in [-0.2, 0) is 0 Å². The molecule has 1 aliphatic rings. The minimum Gasteiger partial charge on any atom is -0.493 e. The minimum atomic E-state index is -0.106. The van der Waals surface area contributed by atoms with Gasteiger partial charge in [-0.2, -0.15) is 0 Å². The van der Waals surface area contributed by atoms with Crippen molar-refractivity contribution >= 4 is 0 Å². The third-order valence-corrected chi connectivity index (χ3v) is 4.35. The normalized spacial score (nSPS) is 24.0. The second-order valence-corrected chi connectivity index (χ2v) is 7.01. The Morgan fingerprint density at radius 3 is 2.77 bits per heavy atom. The van der Waals surface area contributed by atoms with Crippen LogP contribution in [0.3, 0.4) is 0 Å². The fourth-order valence-corrected chi connectivity index (χ4v) is 2.83. The van der Waals surface area contributed by atoms with Crippen molar-refractivity contribution in [3.8, 4) is 11.5 Å². The molecule has 1 aliphatic heterocycles. The number of nitrogens with one attached hydrogen (secondary N) is 1. The Balaban J connectivity index is 2.24. The highest BCUT2D eigenvalue weighted by Gasteiger charge is 2.36. The first-order valence-electron chi connectivity index (χ1n) is 8.66. The predicted octanol–water partition coefficient (Wildman–Crippen LogP) is 4.71. The van der Waals surface area contributed by atoms with Crippen molar-refractivity contribution in [2.24, 2.45) is 5.92 Å². The third kappa shape index (κ3) is 4.16. The van der Waals surface area contributed by atoms with Crippen LogP contribution in [0.5, 0.6) is 11.5 Å². The summed E-state index contributed by atoms with van der Waals surface area (Å²) in [6.07, 6.45) is 3.04. The van der Waals surface area contributed by atoms with Gasteiger partial charge in [-0.25, -0.2) is 0 Å². The molecule has 1 N–H and O–H groups in total. The van der Waals surface area contributed by atoms with E-state index in [1.807, 2.05) is 0 Å². The Morgan fingerprint density at radius 1 is 1.36 bits per heavy atom. The van der Waals surface area contributed by atoms with Crippen LogP contribution in [0.1, 0.15) is 65.5 Å². The summed E-state index contributed by atoms with van der Waals surface area (Å²) in [6, 6.07) is 6.64. The summed E-state index contributed by atoms with van der Waals surface area (Å²) in [5.41, 5.74) is 1.15. The molecule has 3 nitrogen and oxygen atoms in total. The molecule has 3 heteroatoms. The zero-order valence-corrected chi connectivity index (χ0v) is 14.7. The second-order valence-electron chi connectivity index (χ2n) is 7.01. The number of hydrogen-bond acceptors (Lipinski definition) is 3. The smallest absolute Gasteiger partial charge is 0.128 e. The van der Waals surface area contributed by atoms with Crippen molar-refractivity contribution in [3.05, 3.63) is 23.8 Å². The fraction of sp³-hybridized carbons (Fsp3) is 0.684. The number of hydrogen-bond donors (Lipinski definition) is 1. The van der Waals surface area contributed by atoms with Gasteiger partial charge in [0.25, 0.3) is 0 Å². The maximum atomic E-state index is 6.31. The average molecular weight is 305 g/mol. The second kappa shape index (κ2) is 7.36. The third-order valence-electron chi connectivity index (χ3n) is 4.35. The van der Waals surface area contributed by atoms with E-state index in [2.05, 4.69) is 58.1 Å². The maximum Gasteiger partial charge on any atom is 0.128 e. The summed E-state index contributed by atoms with van der Waals surface area (Å²) in [4.78, 5) is 0. The van der Waals surface area contributed by atoms with Crippen LogP contribution in [0.4, 0.5) is 0 Å². The molecule has 0 aromatic heterocycles. The predicted molar refractivity (Wildman–Crippen MR) is 91.8 cm³/mol. The number of fused-ring (bicyclic) bond motifs is 1. The van der Waals surface area contributed by atoms with Crippen LogP contribution in [0.2, 0.25) is 0 Å². The molecule has 1 aromatic carbocycles. The first kappa shape index (κ1) is 17.1. The van der Waals surface area contributed by atoms with Crippen LogP contribution in [-0.4, -0.2) is 18.8 Å². The minimum absolute atomic E-state index is 0.106. The van der Waals surface area contributed by atoms with Gasteiger partial charge in [-0.05, 0) is 38.3 Å². The van der Waals surface area contributed by atoms with Crippen LogP contribution in [0.25, 0.3) is 0 Å². The molecule has 124 valence electrons. The monoisotopic (exact) mass is 305 g/mol. The van der Waals surface area contributed by atoms with Gasteiger partial charge in [0.15, 0.2) is 0 Å². The van der Waals surface area contributed by atoms with E-state index < -0.39 is 0 Å². The van der Waals surface area contributed by atoms with Gasteiger partial charge in [-0.3, -0.25) is 0 Å².